The Bertz CT molecular complexity index is 331. The summed E-state index contributed by atoms with van der Waals surface area (Å²) >= 11 is 3.06. The Labute approximate surface area is 89.5 Å². The van der Waals surface area contributed by atoms with E-state index in [1.165, 1.54) is 6.07 Å². The number of phenols is 1. The van der Waals surface area contributed by atoms with Crippen LogP contribution in [0.25, 0.3) is 0 Å². The van der Waals surface area contributed by atoms with Crippen molar-refractivity contribution in [1.29, 1.82) is 0 Å². The summed E-state index contributed by atoms with van der Waals surface area (Å²) in [6.07, 6.45) is -1.19. The van der Waals surface area contributed by atoms with Crippen molar-refractivity contribution in [2.24, 2.45) is 5.73 Å². The Morgan fingerprint density at radius 2 is 2.21 bits per heavy atom. The average molecular weight is 264 g/mol. The van der Waals surface area contributed by atoms with Crippen LogP contribution in [-0.2, 0) is 0 Å². The van der Waals surface area contributed by atoms with Gasteiger partial charge in [0.1, 0.15) is 11.6 Å². The molecule has 0 spiro atoms. The van der Waals surface area contributed by atoms with Gasteiger partial charge in [-0.2, -0.15) is 0 Å². The fraction of sp³-hybridized carbons (Fsp3) is 0.333. The van der Waals surface area contributed by atoms with Crippen LogP contribution in [0.5, 0.6) is 5.75 Å². The highest BCUT2D eigenvalue weighted by atomic mass is 79.9. The van der Waals surface area contributed by atoms with Crippen molar-refractivity contribution in [2.45, 2.75) is 13.0 Å². The fourth-order valence-corrected chi connectivity index (χ4v) is 1.75. The van der Waals surface area contributed by atoms with Gasteiger partial charge in [-0.05, 0) is 34.5 Å². The molecule has 0 saturated heterocycles. The number of benzene rings is 1. The topological polar surface area (TPSA) is 66.5 Å². The molecule has 14 heavy (non-hydrogen) atoms. The molecule has 0 radical (unpaired) electrons. The van der Waals surface area contributed by atoms with E-state index in [9.17, 15) is 14.6 Å². The number of aliphatic hydroxyl groups excluding tert-OH is 1. The van der Waals surface area contributed by atoms with E-state index in [0.717, 1.165) is 0 Å². The van der Waals surface area contributed by atoms with Gasteiger partial charge in [0, 0.05) is 6.54 Å². The molecular formula is C9H11BrFNO2. The molecule has 1 aromatic carbocycles. The number of phenolic OH excluding ortho intramolecular Hbond substituents is 1. The highest BCUT2D eigenvalue weighted by Gasteiger charge is 2.20. The van der Waals surface area contributed by atoms with E-state index in [4.69, 9.17) is 5.73 Å². The zero-order valence-electron chi connectivity index (χ0n) is 7.59. The predicted octanol–water partition coefficient (Wildman–Crippen LogP) is 1.59. The predicted molar refractivity (Wildman–Crippen MR) is 54.5 cm³/mol. The lowest BCUT2D eigenvalue weighted by Crippen LogP contribution is -2.14. The van der Waals surface area contributed by atoms with Gasteiger partial charge in [-0.3, -0.25) is 0 Å². The molecule has 3 nitrogen and oxygen atoms in total. The van der Waals surface area contributed by atoms with Gasteiger partial charge in [0.15, 0.2) is 0 Å². The molecule has 0 fully saturated rings. The molecule has 0 aromatic heterocycles. The minimum Gasteiger partial charge on any atom is -0.506 e. The van der Waals surface area contributed by atoms with Gasteiger partial charge in [-0.25, -0.2) is 4.39 Å². The molecule has 1 rings (SSSR count). The first-order valence-corrected chi connectivity index (χ1v) is 4.84. The molecule has 4 N–H and O–H groups in total. The Hall–Kier alpha value is -0.650. The second-order valence-corrected chi connectivity index (χ2v) is 3.86. The van der Waals surface area contributed by atoms with Gasteiger partial charge in [-0.1, -0.05) is 0 Å². The van der Waals surface area contributed by atoms with Crippen LogP contribution in [0, 0.1) is 12.7 Å². The molecule has 1 atom stereocenters. The molecule has 0 aliphatic heterocycles. The number of halogens is 2. The van der Waals surface area contributed by atoms with E-state index in [0.29, 0.717) is 10.0 Å². The van der Waals surface area contributed by atoms with Crippen LogP contribution in [0.4, 0.5) is 4.39 Å². The molecule has 1 unspecified atom stereocenters. The average Bonchev–Trinajstić information content (AvgIpc) is 2.15. The lowest BCUT2D eigenvalue weighted by molar-refractivity contribution is 0.177. The summed E-state index contributed by atoms with van der Waals surface area (Å²) in [5.41, 5.74) is 5.39. The van der Waals surface area contributed by atoms with Crippen molar-refractivity contribution in [3.8, 4) is 5.75 Å². The monoisotopic (exact) mass is 263 g/mol. The maximum atomic E-state index is 13.5. The quantitative estimate of drug-likeness (QED) is 0.760. The lowest BCUT2D eigenvalue weighted by atomic mass is 10.0. The molecular weight excluding hydrogens is 253 g/mol. The zero-order valence-corrected chi connectivity index (χ0v) is 9.18. The number of nitrogens with two attached hydrogens (primary N) is 1. The Kier molecular flexibility index (Phi) is 3.47. The zero-order chi connectivity index (χ0) is 10.9. The molecule has 0 saturated carbocycles. The largest absolute Gasteiger partial charge is 0.506 e. The normalized spacial score (nSPS) is 12.9. The summed E-state index contributed by atoms with van der Waals surface area (Å²) in [5, 5.41) is 18.9. The van der Waals surface area contributed by atoms with Gasteiger partial charge >= 0.3 is 0 Å². The van der Waals surface area contributed by atoms with E-state index in [1.807, 2.05) is 0 Å². The van der Waals surface area contributed by atoms with Crippen LogP contribution < -0.4 is 5.73 Å². The SMILES string of the molecule is Cc1cc(Br)c(O)c(C(O)CN)c1F. The first-order chi connectivity index (χ1) is 6.49. The van der Waals surface area contributed by atoms with Gasteiger partial charge < -0.3 is 15.9 Å². The highest BCUT2D eigenvalue weighted by Crippen LogP contribution is 2.35. The lowest BCUT2D eigenvalue weighted by Gasteiger charge is -2.14. The number of hydrogen-bond donors (Lipinski definition) is 3. The minimum absolute atomic E-state index is 0.139. The molecule has 5 heteroatoms. The molecule has 0 aliphatic carbocycles. The summed E-state index contributed by atoms with van der Waals surface area (Å²) in [5.74, 6) is -0.922. The summed E-state index contributed by atoms with van der Waals surface area (Å²) < 4.78 is 13.8. The molecule has 78 valence electrons. The Morgan fingerprint density at radius 1 is 1.64 bits per heavy atom. The Morgan fingerprint density at radius 3 is 2.71 bits per heavy atom. The third-order valence-electron chi connectivity index (χ3n) is 1.96. The van der Waals surface area contributed by atoms with Crippen molar-refractivity contribution >= 4 is 15.9 Å². The third kappa shape index (κ3) is 1.89. The molecule has 0 amide bonds. The maximum absolute atomic E-state index is 13.5. The number of aryl methyl sites for hydroxylation is 1. The van der Waals surface area contributed by atoms with Crippen molar-refractivity contribution in [2.75, 3.05) is 6.54 Å². The van der Waals surface area contributed by atoms with E-state index in [-0.39, 0.29) is 17.9 Å². The number of rotatable bonds is 2. The number of aliphatic hydroxyl groups is 1. The molecule has 1 aromatic rings. The highest BCUT2D eigenvalue weighted by molar-refractivity contribution is 9.10. The van der Waals surface area contributed by atoms with Crippen molar-refractivity contribution in [3.05, 3.63) is 27.5 Å². The summed E-state index contributed by atoms with van der Waals surface area (Å²) in [4.78, 5) is 0. The van der Waals surface area contributed by atoms with Crippen LogP contribution in [0.1, 0.15) is 17.2 Å². The van der Waals surface area contributed by atoms with Crippen molar-refractivity contribution < 1.29 is 14.6 Å². The summed E-state index contributed by atoms with van der Waals surface area (Å²) in [7, 11) is 0. The Balaban J connectivity index is 3.39. The number of hydrogen-bond acceptors (Lipinski definition) is 3. The maximum Gasteiger partial charge on any atom is 0.138 e. The molecule has 0 aliphatic rings. The summed E-state index contributed by atoms with van der Waals surface area (Å²) in [6.45, 7) is 1.41. The third-order valence-corrected chi connectivity index (χ3v) is 2.57. The first kappa shape index (κ1) is 11.4. The van der Waals surface area contributed by atoms with Crippen molar-refractivity contribution in [3.63, 3.8) is 0 Å². The van der Waals surface area contributed by atoms with Gasteiger partial charge in [0.05, 0.1) is 16.1 Å². The number of aromatic hydroxyl groups is 1. The van der Waals surface area contributed by atoms with Gasteiger partial charge in [0.2, 0.25) is 0 Å². The van der Waals surface area contributed by atoms with E-state index in [1.54, 1.807) is 6.92 Å². The second-order valence-electron chi connectivity index (χ2n) is 3.00. The van der Waals surface area contributed by atoms with Crippen LogP contribution in [0.3, 0.4) is 0 Å². The molecule has 0 heterocycles. The first-order valence-electron chi connectivity index (χ1n) is 4.04. The standard InChI is InChI=1S/C9H11BrFNO2/c1-4-2-5(10)9(14)7(8(4)11)6(13)3-12/h2,6,13-14H,3,12H2,1H3. The van der Waals surface area contributed by atoms with Crippen LogP contribution in [0.2, 0.25) is 0 Å². The van der Waals surface area contributed by atoms with Crippen molar-refractivity contribution in [1.82, 2.24) is 0 Å². The van der Waals surface area contributed by atoms with Crippen LogP contribution in [0.15, 0.2) is 10.5 Å². The fourth-order valence-electron chi connectivity index (χ4n) is 1.19. The minimum atomic E-state index is -1.19. The van der Waals surface area contributed by atoms with E-state index >= 15 is 0 Å². The van der Waals surface area contributed by atoms with E-state index < -0.39 is 11.9 Å². The molecule has 0 bridgehead atoms. The van der Waals surface area contributed by atoms with Gasteiger partial charge in [0.25, 0.3) is 0 Å². The smallest absolute Gasteiger partial charge is 0.138 e. The van der Waals surface area contributed by atoms with Crippen LogP contribution >= 0.6 is 15.9 Å². The van der Waals surface area contributed by atoms with E-state index in [2.05, 4.69) is 15.9 Å². The summed E-state index contributed by atoms with van der Waals surface area (Å²) in [6, 6.07) is 1.44. The second kappa shape index (κ2) is 4.25. The van der Waals surface area contributed by atoms with Crippen LogP contribution in [-0.4, -0.2) is 16.8 Å². The van der Waals surface area contributed by atoms with Gasteiger partial charge in [-0.15, -0.1) is 0 Å².